The van der Waals surface area contributed by atoms with Gasteiger partial charge in [0.2, 0.25) is 0 Å². The molecule has 0 radical (unpaired) electrons. The van der Waals surface area contributed by atoms with E-state index in [-0.39, 0.29) is 12.5 Å². The Morgan fingerprint density at radius 2 is 1.95 bits per heavy atom. The van der Waals surface area contributed by atoms with E-state index in [0.29, 0.717) is 24.6 Å². The van der Waals surface area contributed by atoms with Crippen molar-refractivity contribution in [3.8, 4) is 11.3 Å². The van der Waals surface area contributed by atoms with Crippen LogP contribution in [0.1, 0.15) is 24.3 Å². The van der Waals surface area contributed by atoms with Crippen LogP contribution in [0.2, 0.25) is 0 Å². The average Bonchev–Trinajstić information content (AvgIpc) is 3.04. The third-order valence-electron chi connectivity index (χ3n) is 2.93. The lowest BCUT2D eigenvalue weighted by Gasteiger charge is -2.16. The number of rotatable bonds is 8. The molecule has 0 bridgehead atoms. The van der Waals surface area contributed by atoms with Gasteiger partial charge in [-0.05, 0) is 32.0 Å². The van der Waals surface area contributed by atoms with Crippen LogP contribution in [-0.4, -0.2) is 47.1 Å². The second-order valence-electron chi connectivity index (χ2n) is 4.45. The summed E-state index contributed by atoms with van der Waals surface area (Å²) in [5, 5.41) is 9.62. The fourth-order valence-electron chi connectivity index (χ4n) is 1.92. The van der Waals surface area contributed by atoms with E-state index in [1.807, 2.05) is 26.0 Å². The minimum absolute atomic E-state index is 0.253. The van der Waals surface area contributed by atoms with Gasteiger partial charge in [-0.2, -0.15) is 5.10 Å². The molecule has 118 valence electrons. The molecule has 1 amide bonds. The van der Waals surface area contributed by atoms with Crippen LogP contribution in [0.4, 0.5) is 0 Å². The Hall–Kier alpha value is -2.25. The Balaban J connectivity index is 1.94. The first kappa shape index (κ1) is 16.1. The standard InChI is InChI=1S/C15H20N4O3/c1-3-21-14(22-4-2)10-17-15(20)13-9-12(18-19-13)11-5-7-16-8-6-11/h5-9,14H,3-4,10H2,1-2H3,(H,17,20)(H,18,19). The quantitative estimate of drug-likeness (QED) is 0.723. The van der Waals surface area contributed by atoms with Gasteiger partial charge in [0.1, 0.15) is 5.69 Å². The van der Waals surface area contributed by atoms with Gasteiger partial charge >= 0.3 is 0 Å². The zero-order valence-electron chi connectivity index (χ0n) is 12.7. The lowest BCUT2D eigenvalue weighted by Crippen LogP contribution is -2.35. The molecule has 0 spiro atoms. The molecule has 2 aromatic heterocycles. The number of ether oxygens (including phenoxy) is 2. The summed E-state index contributed by atoms with van der Waals surface area (Å²) in [6.45, 7) is 5.09. The number of nitrogens with one attached hydrogen (secondary N) is 2. The van der Waals surface area contributed by atoms with Gasteiger partial charge in [-0.25, -0.2) is 0 Å². The van der Waals surface area contributed by atoms with E-state index in [0.717, 1.165) is 5.56 Å². The van der Waals surface area contributed by atoms with Crippen molar-refractivity contribution in [3.63, 3.8) is 0 Å². The number of nitrogens with zero attached hydrogens (tertiary/aromatic N) is 2. The number of H-pyrrole nitrogens is 1. The lowest BCUT2D eigenvalue weighted by molar-refractivity contribution is -0.131. The Labute approximate surface area is 129 Å². The minimum atomic E-state index is -0.443. The highest BCUT2D eigenvalue weighted by Crippen LogP contribution is 2.16. The third kappa shape index (κ3) is 4.37. The Bertz CT molecular complexity index is 579. The highest BCUT2D eigenvalue weighted by atomic mass is 16.7. The summed E-state index contributed by atoms with van der Waals surface area (Å²) in [6, 6.07) is 5.36. The lowest BCUT2D eigenvalue weighted by atomic mass is 10.2. The molecule has 2 heterocycles. The van der Waals surface area contributed by atoms with Crippen LogP contribution in [0.3, 0.4) is 0 Å². The maximum absolute atomic E-state index is 12.1. The molecule has 0 aliphatic heterocycles. The average molecular weight is 304 g/mol. The van der Waals surface area contributed by atoms with Crippen molar-refractivity contribution >= 4 is 5.91 Å². The number of carbonyl (C=O) groups excluding carboxylic acids is 1. The molecule has 0 saturated carbocycles. The maximum atomic E-state index is 12.1. The molecule has 2 N–H and O–H groups in total. The van der Waals surface area contributed by atoms with E-state index < -0.39 is 6.29 Å². The molecule has 22 heavy (non-hydrogen) atoms. The fraction of sp³-hybridized carbons (Fsp3) is 0.400. The maximum Gasteiger partial charge on any atom is 0.269 e. The first-order chi connectivity index (χ1) is 10.7. The van der Waals surface area contributed by atoms with Gasteiger partial charge in [-0.1, -0.05) is 0 Å². The van der Waals surface area contributed by atoms with Crippen LogP contribution < -0.4 is 5.32 Å². The van der Waals surface area contributed by atoms with Crippen molar-refractivity contribution in [1.82, 2.24) is 20.5 Å². The summed E-state index contributed by atoms with van der Waals surface area (Å²) >= 11 is 0. The van der Waals surface area contributed by atoms with Gasteiger partial charge in [0, 0.05) is 31.2 Å². The zero-order chi connectivity index (χ0) is 15.8. The topological polar surface area (TPSA) is 89.1 Å². The number of aromatic nitrogens is 3. The van der Waals surface area contributed by atoms with Crippen molar-refractivity contribution in [3.05, 3.63) is 36.3 Å². The molecule has 0 aliphatic carbocycles. The van der Waals surface area contributed by atoms with Crippen molar-refractivity contribution in [2.45, 2.75) is 20.1 Å². The summed E-state index contributed by atoms with van der Waals surface area (Å²) < 4.78 is 10.7. The molecular weight excluding hydrogens is 284 g/mol. The number of carbonyl (C=O) groups is 1. The number of aromatic amines is 1. The van der Waals surface area contributed by atoms with Gasteiger partial charge in [0.05, 0.1) is 12.2 Å². The minimum Gasteiger partial charge on any atom is -0.351 e. The Morgan fingerprint density at radius 3 is 2.59 bits per heavy atom. The molecule has 0 fully saturated rings. The summed E-state index contributed by atoms with van der Waals surface area (Å²) in [6.07, 6.45) is 2.92. The van der Waals surface area contributed by atoms with Crippen LogP contribution in [0.15, 0.2) is 30.6 Å². The van der Waals surface area contributed by atoms with Gasteiger partial charge in [0.15, 0.2) is 6.29 Å². The Morgan fingerprint density at radius 1 is 1.27 bits per heavy atom. The highest BCUT2D eigenvalue weighted by molar-refractivity contribution is 5.93. The summed E-state index contributed by atoms with van der Waals surface area (Å²) in [5.41, 5.74) is 1.98. The molecule has 0 unspecified atom stereocenters. The van der Waals surface area contributed by atoms with E-state index in [2.05, 4.69) is 20.5 Å². The highest BCUT2D eigenvalue weighted by Gasteiger charge is 2.14. The number of hydrogen-bond acceptors (Lipinski definition) is 5. The van der Waals surface area contributed by atoms with Gasteiger partial charge in [-0.15, -0.1) is 0 Å². The molecule has 2 aromatic rings. The fourth-order valence-corrected chi connectivity index (χ4v) is 1.92. The Kier molecular flexibility index (Phi) is 6.05. The first-order valence-corrected chi connectivity index (χ1v) is 7.21. The number of amides is 1. The summed E-state index contributed by atoms with van der Waals surface area (Å²) in [4.78, 5) is 16.0. The van der Waals surface area contributed by atoms with Crippen molar-refractivity contribution < 1.29 is 14.3 Å². The zero-order valence-corrected chi connectivity index (χ0v) is 12.7. The molecule has 7 nitrogen and oxygen atoms in total. The van der Waals surface area contributed by atoms with E-state index in [1.54, 1.807) is 18.5 Å². The normalized spacial score (nSPS) is 10.9. The van der Waals surface area contributed by atoms with Crippen LogP contribution >= 0.6 is 0 Å². The van der Waals surface area contributed by atoms with Crippen LogP contribution in [0.25, 0.3) is 11.3 Å². The number of hydrogen-bond donors (Lipinski definition) is 2. The van der Waals surface area contributed by atoms with Gasteiger partial charge in [-0.3, -0.25) is 14.9 Å². The number of pyridine rings is 1. The molecule has 0 saturated heterocycles. The predicted octanol–water partition coefficient (Wildman–Crippen LogP) is 1.60. The van der Waals surface area contributed by atoms with Gasteiger partial charge < -0.3 is 14.8 Å². The molecule has 0 atom stereocenters. The molecule has 7 heteroatoms. The monoisotopic (exact) mass is 304 g/mol. The van der Waals surface area contributed by atoms with E-state index in [9.17, 15) is 4.79 Å². The van der Waals surface area contributed by atoms with Crippen LogP contribution in [0.5, 0.6) is 0 Å². The second-order valence-corrected chi connectivity index (χ2v) is 4.45. The van der Waals surface area contributed by atoms with Crippen LogP contribution in [0, 0.1) is 0 Å². The molecular formula is C15H20N4O3. The molecule has 0 aromatic carbocycles. The smallest absolute Gasteiger partial charge is 0.269 e. The molecule has 0 aliphatic rings. The van der Waals surface area contributed by atoms with Crippen molar-refractivity contribution in [2.75, 3.05) is 19.8 Å². The third-order valence-corrected chi connectivity index (χ3v) is 2.93. The predicted molar refractivity (Wildman–Crippen MR) is 81.2 cm³/mol. The summed E-state index contributed by atoms with van der Waals surface area (Å²) in [7, 11) is 0. The SMILES string of the molecule is CCOC(CNC(=O)c1cc(-c2ccncc2)n[nH]1)OCC. The van der Waals surface area contributed by atoms with E-state index >= 15 is 0 Å². The van der Waals surface area contributed by atoms with Crippen molar-refractivity contribution in [2.24, 2.45) is 0 Å². The van der Waals surface area contributed by atoms with Crippen LogP contribution in [-0.2, 0) is 9.47 Å². The largest absolute Gasteiger partial charge is 0.351 e. The van der Waals surface area contributed by atoms with Gasteiger partial charge in [0.25, 0.3) is 5.91 Å². The second kappa shape index (κ2) is 8.26. The van der Waals surface area contributed by atoms with E-state index in [4.69, 9.17) is 9.47 Å². The first-order valence-electron chi connectivity index (χ1n) is 7.21. The van der Waals surface area contributed by atoms with E-state index in [1.165, 1.54) is 0 Å². The summed E-state index contributed by atoms with van der Waals surface area (Å²) in [5.74, 6) is -0.253. The molecule has 2 rings (SSSR count). The van der Waals surface area contributed by atoms with Crippen molar-refractivity contribution in [1.29, 1.82) is 0 Å².